The fourth-order valence-electron chi connectivity index (χ4n) is 2.60. The molecule has 132 valence electrons. The summed E-state index contributed by atoms with van der Waals surface area (Å²) >= 11 is 0. The van der Waals surface area contributed by atoms with Gasteiger partial charge in [0.1, 0.15) is 18.2 Å². The number of nitrogens with zero attached hydrogens (tertiary/aromatic N) is 1. The van der Waals surface area contributed by atoms with Crippen LogP contribution in [0.3, 0.4) is 0 Å². The van der Waals surface area contributed by atoms with Crippen molar-refractivity contribution in [2.24, 2.45) is 0 Å². The lowest BCUT2D eigenvalue weighted by atomic mass is 10.1. The van der Waals surface area contributed by atoms with Crippen LogP contribution in [0.5, 0.6) is 5.75 Å². The molecule has 3 N–H and O–H groups in total. The average molecular weight is 347 g/mol. The number of nitrogens with one attached hydrogen (secondary N) is 1. The first-order valence-electron chi connectivity index (χ1n) is 8.38. The van der Waals surface area contributed by atoms with Gasteiger partial charge in [0, 0.05) is 12.7 Å². The number of benzene rings is 2. The predicted octanol–water partition coefficient (Wildman–Crippen LogP) is 3.48. The number of anilines is 1. The smallest absolute Gasteiger partial charge is 0.255 e. The summed E-state index contributed by atoms with van der Waals surface area (Å²) in [6, 6.07) is 19.2. The van der Waals surface area contributed by atoms with Crippen LogP contribution in [-0.2, 0) is 13.2 Å². The van der Waals surface area contributed by atoms with Crippen LogP contribution < -0.4 is 15.8 Å². The first kappa shape index (κ1) is 17.5. The molecule has 3 aromatic rings. The average Bonchev–Trinajstić information content (AvgIpc) is 2.65. The molecule has 0 radical (unpaired) electrons. The van der Waals surface area contributed by atoms with Crippen molar-refractivity contribution in [2.45, 2.75) is 20.1 Å². The number of aryl methyl sites for hydroxylation is 1. The van der Waals surface area contributed by atoms with Crippen LogP contribution in [0.15, 0.2) is 66.9 Å². The van der Waals surface area contributed by atoms with Gasteiger partial charge in [-0.3, -0.25) is 4.79 Å². The van der Waals surface area contributed by atoms with Crippen molar-refractivity contribution < 1.29 is 9.53 Å². The molecule has 26 heavy (non-hydrogen) atoms. The Morgan fingerprint density at radius 1 is 1.08 bits per heavy atom. The van der Waals surface area contributed by atoms with E-state index in [9.17, 15) is 4.79 Å². The minimum atomic E-state index is -0.248. The maximum atomic E-state index is 12.2. The van der Waals surface area contributed by atoms with E-state index in [1.165, 1.54) is 5.56 Å². The number of amides is 1. The van der Waals surface area contributed by atoms with Crippen molar-refractivity contribution in [2.75, 3.05) is 5.73 Å². The van der Waals surface area contributed by atoms with Crippen molar-refractivity contribution >= 4 is 11.7 Å². The topological polar surface area (TPSA) is 77.2 Å². The van der Waals surface area contributed by atoms with E-state index < -0.39 is 0 Å². The van der Waals surface area contributed by atoms with Crippen molar-refractivity contribution in [1.29, 1.82) is 0 Å². The Labute approximate surface area is 152 Å². The number of aromatic nitrogens is 1. The molecule has 0 spiro atoms. The van der Waals surface area contributed by atoms with Crippen LogP contribution in [0, 0.1) is 6.92 Å². The van der Waals surface area contributed by atoms with E-state index in [1.807, 2.05) is 36.4 Å². The lowest BCUT2D eigenvalue weighted by Crippen LogP contribution is -2.24. The molecule has 1 aromatic heterocycles. The SMILES string of the molecule is Cc1cccc(COc2cccc(CNC(=O)c3cccnc3N)c2)c1. The third-order valence-electron chi connectivity index (χ3n) is 3.92. The second-order valence-corrected chi connectivity index (χ2v) is 6.04. The van der Waals surface area contributed by atoms with Crippen LogP contribution in [-0.4, -0.2) is 10.9 Å². The van der Waals surface area contributed by atoms with Gasteiger partial charge >= 0.3 is 0 Å². The zero-order chi connectivity index (χ0) is 18.4. The van der Waals surface area contributed by atoms with E-state index in [0.29, 0.717) is 18.7 Å². The van der Waals surface area contributed by atoms with Crippen LogP contribution in [0.2, 0.25) is 0 Å². The minimum absolute atomic E-state index is 0.222. The molecule has 1 amide bonds. The second kappa shape index (κ2) is 8.16. The number of rotatable bonds is 6. The Bertz CT molecular complexity index is 909. The molecule has 1 heterocycles. The molecule has 5 nitrogen and oxygen atoms in total. The van der Waals surface area contributed by atoms with Crippen LogP contribution in [0.1, 0.15) is 27.0 Å². The first-order valence-corrected chi connectivity index (χ1v) is 8.38. The first-order chi connectivity index (χ1) is 12.6. The summed E-state index contributed by atoms with van der Waals surface area (Å²) in [5.41, 5.74) is 9.38. The lowest BCUT2D eigenvalue weighted by Gasteiger charge is -2.10. The Kier molecular flexibility index (Phi) is 5.49. The molecule has 0 aliphatic heterocycles. The maximum Gasteiger partial charge on any atom is 0.255 e. The van der Waals surface area contributed by atoms with Gasteiger partial charge in [-0.05, 0) is 42.3 Å². The van der Waals surface area contributed by atoms with E-state index >= 15 is 0 Å². The summed E-state index contributed by atoms with van der Waals surface area (Å²) < 4.78 is 5.86. The highest BCUT2D eigenvalue weighted by molar-refractivity contribution is 5.98. The Morgan fingerprint density at radius 2 is 1.88 bits per heavy atom. The van der Waals surface area contributed by atoms with Gasteiger partial charge in [-0.2, -0.15) is 0 Å². The molecular weight excluding hydrogens is 326 g/mol. The summed E-state index contributed by atoms with van der Waals surface area (Å²) in [5.74, 6) is 0.737. The highest BCUT2D eigenvalue weighted by atomic mass is 16.5. The fraction of sp³-hybridized carbons (Fsp3) is 0.143. The summed E-state index contributed by atoms with van der Waals surface area (Å²) in [5, 5.41) is 2.85. The normalized spacial score (nSPS) is 10.3. The molecule has 0 fully saturated rings. The molecule has 2 aromatic carbocycles. The van der Waals surface area contributed by atoms with Crippen molar-refractivity contribution in [3.63, 3.8) is 0 Å². The molecule has 0 aliphatic rings. The number of ether oxygens (including phenoxy) is 1. The van der Waals surface area contributed by atoms with Crippen LogP contribution in [0.4, 0.5) is 5.82 Å². The molecule has 0 unspecified atom stereocenters. The van der Waals surface area contributed by atoms with Gasteiger partial charge in [0.05, 0.1) is 5.56 Å². The zero-order valence-electron chi connectivity index (χ0n) is 14.6. The second-order valence-electron chi connectivity index (χ2n) is 6.04. The standard InChI is InChI=1S/C21H21N3O2/c1-15-5-2-7-17(11-15)14-26-18-8-3-6-16(12-18)13-24-21(25)19-9-4-10-23-20(19)22/h2-12H,13-14H2,1H3,(H2,22,23)(H,24,25). The highest BCUT2D eigenvalue weighted by Gasteiger charge is 2.09. The number of hydrogen-bond acceptors (Lipinski definition) is 4. The Hall–Kier alpha value is -3.34. The van der Waals surface area contributed by atoms with Crippen LogP contribution in [0.25, 0.3) is 0 Å². The third kappa shape index (κ3) is 4.60. The number of hydrogen-bond donors (Lipinski definition) is 2. The molecule has 0 saturated carbocycles. The number of nitrogen functional groups attached to an aromatic ring is 1. The number of nitrogens with two attached hydrogens (primary N) is 1. The number of carbonyl (C=O) groups excluding carboxylic acids is 1. The lowest BCUT2D eigenvalue weighted by molar-refractivity contribution is 0.0951. The van der Waals surface area contributed by atoms with Gasteiger partial charge in [-0.1, -0.05) is 42.0 Å². The van der Waals surface area contributed by atoms with Gasteiger partial charge in [0.25, 0.3) is 5.91 Å². The van der Waals surface area contributed by atoms with Crippen molar-refractivity contribution in [1.82, 2.24) is 10.3 Å². The van der Waals surface area contributed by atoms with Crippen molar-refractivity contribution in [3.8, 4) is 5.75 Å². The quantitative estimate of drug-likeness (QED) is 0.716. The largest absolute Gasteiger partial charge is 0.489 e. The summed E-state index contributed by atoms with van der Waals surface area (Å²) in [6.45, 7) is 2.94. The van der Waals surface area contributed by atoms with Gasteiger partial charge in [0.15, 0.2) is 0 Å². The Balaban J connectivity index is 1.59. The molecular formula is C21H21N3O2. The highest BCUT2D eigenvalue weighted by Crippen LogP contribution is 2.16. The van der Waals surface area contributed by atoms with Gasteiger partial charge in [-0.15, -0.1) is 0 Å². The summed E-state index contributed by atoms with van der Waals surface area (Å²) in [4.78, 5) is 16.1. The van der Waals surface area contributed by atoms with Gasteiger partial charge in [-0.25, -0.2) is 4.98 Å². The molecule has 0 bridgehead atoms. The fourth-order valence-corrected chi connectivity index (χ4v) is 2.60. The summed E-state index contributed by atoms with van der Waals surface area (Å²) in [6.07, 6.45) is 1.56. The van der Waals surface area contributed by atoms with E-state index in [0.717, 1.165) is 16.9 Å². The predicted molar refractivity (Wildman–Crippen MR) is 102 cm³/mol. The maximum absolute atomic E-state index is 12.2. The molecule has 5 heteroatoms. The molecule has 3 rings (SSSR count). The molecule has 0 aliphatic carbocycles. The monoisotopic (exact) mass is 347 g/mol. The number of pyridine rings is 1. The minimum Gasteiger partial charge on any atom is -0.489 e. The third-order valence-corrected chi connectivity index (χ3v) is 3.92. The zero-order valence-corrected chi connectivity index (χ0v) is 14.6. The number of carbonyl (C=O) groups is 1. The van der Waals surface area contributed by atoms with Crippen LogP contribution >= 0.6 is 0 Å². The Morgan fingerprint density at radius 3 is 2.69 bits per heavy atom. The molecule has 0 saturated heterocycles. The van der Waals surface area contributed by atoms with E-state index in [-0.39, 0.29) is 11.7 Å². The summed E-state index contributed by atoms with van der Waals surface area (Å²) in [7, 11) is 0. The van der Waals surface area contributed by atoms with Gasteiger partial charge < -0.3 is 15.8 Å². The van der Waals surface area contributed by atoms with Crippen molar-refractivity contribution in [3.05, 3.63) is 89.1 Å². The van der Waals surface area contributed by atoms with E-state index in [4.69, 9.17) is 10.5 Å². The van der Waals surface area contributed by atoms with E-state index in [2.05, 4.69) is 29.4 Å². The van der Waals surface area contributed by atoms with Gasteiger partial charge in [0.2, 0.25) is 0 Å². The van der Waals surface area contributed by atoms with E-state index in [1.54, 1.807) is 18.3 Å². The molecule has 0 atom stereocenters.